The molecule has 0 atom stereocenters. The molecule has 10 aromatic carbocycles. The molecule has 0 bridgehead atoms. The van der Waals surface area contributed by atoms with Crippen LogP contribution >= 0.6 is 0 Å². The molecule has 0 radical (unpaired) electrons. The molecule has 0 saturated heterocycles. The van der Waals surface area contributed by atoms with Crippen molar-refractivity contribution in [3.63, 3.8) is 0 Å². The quantitative estimate of drug-likeness (QED) is 0.146. The van der Waals surface area contributed by atoms with Crippen molar-refractivity contribution in [2.75, 3.05) is 0 Å². The zero-order chi connectivity index (χ0) is 53.8. The lowest BCUT2D eigenvalue weighted by molar-refractivity contribution is 0.847. The molecule has 0 unspecified atom stereocenters. The van der Waals surface area contributed by atoms with Crippen molar-refractivity contribution in [3.8, 4) is 69.6 Å². The van der Waals surface area contributed by atoms with E-state index in [1.54, 1.807) is 0 Å². The molecule has 0 N–H and O–H groups in total. The molecule has 0 amide bonds. The molecule has 17 aromatic rings. The molecule has 0 fully saturated rings. The van der Waals surface area contributed by atoms with Crippen molar-refractivity contribution in [1.82, 2.24) is 63.1 Å². The second-order valence-corrected chi connectivity index (χ2v) is 20.2. The maximum Gasteiger partial charge on any atom is 0.241 e. The summed E-state index contributed by atoms with van der Waals surface area (Å²) in [5, 5.41) is 8.37. The first kappa shape index (κ1) is 45.4. The van der Waals surface area contributed by atoms with E-state index in [0.717, 1.165) is 104 Å². The summed E-state index contributed by atoms with van der Waals surface area (Å²) in [7, 11) is 0. The van der Waals surface area contributed by atoms with Crippen LogP contribution in [-0.2, 0) is 0 Å². The average Bonchev–Trinajstić information content (AvgIpc) is 4.19. The SMILES string of the molecule is c1ccc(-c2nc(-c3ccccc3)nc(-c3nc(-c4ccccc4)nc(-n4c5ccccc5c5ccc6c7ccccc7n(-c7nc(-n8c9ccccc9c9ccccc98)nc(-n8c9ccccc9c9ccccc98)n7)c6c54)n3)n2)cc1. The third kappa shape index (κ3) is 6.96. The van der Waals surface area contributed by atoms with Gasteiger partial charge in [0.05, 0.1) is 44.1 Å². The first-order chi connectivity index (χ1) is 40.7. The Hall–Kier alpha value is -11.6. The fourth-order valence-electron chi connectivity index (χ4n) is 12.0. The number of para-hydroxylation sites is 6. The van der Waals surface area contributed by atoms with Gasteiger partial charge in [-0.25, -0.2) is 19.9 Å². The van der Waals surface area contributed by atoms with Crippen LogP contribution in [0.4, 0.5) is 0 Å². The molecule has 13 heteroatoms. The number of nitrogens with zero attached hydrogens (tertiary/aromatic N) is 13. The predicted octanol–water partition coefficient (Wildman–Crippen LogP) is 15.3. The van der Waals surface area contributed by atoms with E-state index < -0.39 is 0 Å². The molecule has 0 saturated carbocycles. The zero-order valence-electron chi connectivity index (χ0n) is 43.5. The van der Waals surface area contributed by atoms with Gasteiger partial charge in [-0.15, -0.1) is 0 Å². The average molecular weight is 1050 g/mol. The number of hydrogen-bond acceptors (Lipinski definition) is 9. The Kier molecular flexibility index (Phi) is 9.97. The first-order valence-electron chi connectivity index (χ1n) is 27.1. The fraction of sp³-hybridized carbons (Fsp3) is 0. The van der Waals surface area contributed by atoms with E-state index in [4.69, 9.17) is 44.9 Å². The normalized spacial score (nSPS) is 11.9. The van der Waals surface area contributed by atoms with Crippen molar-refractivity contribution < 1.29 is 0 Å². The van der Waals surface area contributed by atoms with E-state index in [-0.39, 0.29) is 5.82 Å². The Balaban J connectivity index is 0.998. The van der Waals surface area contributed by atoms with Crippen molar-refractivity contribution >= 4 is 87.2 Å². The largest absolute Gasteiger partial charge is 0.278 e. The highest BCUT2D eigenvalue weighted by Crippen LogP contribution is 2.42. The van der Waals surface area contributed by atoms with Crippen molar-refractivity contribution in [1.29, 1.82) is 0 Å². The minimum Gasteiger partial charge on any atom is -0.278 e. The Morgan fingerprint density at radius 2 is 0.402 bits per heavy atom. The van der Waals surface area contributed by atoms with Crippen LogP contribution in [0.1, 0.15) is 0 Å². The van der Waals surface area contributed by atoms with Crippen LogP contribution in [0.15, 0.2) is 249 Å². The van der Waals surface area contributed by atoms with Crippen molar-refractivity contribution in [3.05, 3.63) is 249 Å². The third-order valence-corrected chi connectivity index (χ3v) is 15.6. The topological polar surface area (TPSA) is 136 Å². The van der Waals surface area contributed by atoms with Crippen LogP contribution in [0, 0.1) is 0 Å². The van der Waals surface area contributed by atoms with Crippen molar-refractivity contribution in [2.45, 2.75) is 0 Å². The summed E-state index contributed by atoms with van der Waals surface area (Å²) in [6, 6.07) is 84.9. The van der Waals surface area contributed by atoms with Crippen LogP contribution in [0.25, 0.3) is 157 Å². The molecule has 0 aliphatic carbocycles. The van der Waals surface area contributed by atoms with Crippen molar-refractivity contribution in [2.24, 2.45) is 0 Å². The molecule has 0 aliphatic heterocycles. The van der Waals surface area contributed by atoms with Crippen LogP contribution in [0.3, 0.4) is 0 Å². The maximum absolute atomic E-state index is 5.64. The van der Waals surface area contributed by atoms with E-state index in [2.05, 4.69) is 176 Å². The smallest absolute Gasteiger partial charge is 0.241 e. The molecule has 13 nitrogen and oxygen atoms in total. The molecule has 17 rings (SSSR count). The maximum atomic E-state index is 5.64. The summed E-state index contributed by atoms with van der Waals surface area (Å²) >= 11 is 0. The van der Waals surface area contributed by atoms with Gasteiger partial charge >= 0.3 is 0 Å². The monoisotopic (exact) mass is 1050 g/mol. The van der Waals surface area contributed by atoms with Gasteiger partial charge in [0.15, 0.2) is 17.5 Å². The molecule has 7 heterocycles. The lowest BCUT2D eigenvalue weighted by atomic mass is 10.1. The summed E-state index contributed by atoms with van der Waals surface area (Å²) in [6.07, 6.45) is 0. The van der Waals surface area contributed by atoms with Gasteiger partial charge in [-0.3, -0.25) is 18.3 Å². The van der Waals surface area contributed by atoms with Gasteiger partial charge < -0.3 is 0 Å². The van der Waals surface area contributed by atoms with Crippen LogP contribution in [0.5, 0.6) is 0 Å². The van der Waals surface area contributed by atoms with Crippen LogP contribution in [-0.4, -0.2) is 63.1 Å². The molecule has 0 spiro atoms. The Bertz CT molecular complexity index is 5120. The van der Waals surface area contributed by atoms with Crippen LogP contribution in [0.2, 0.25) is 0 Å². The second kappa shape index (κ2) is 18.0. The van der Waals surface area contributed by atoms with E-state index in [0.29, 0.717) is 47.1 Å². The Morgan fingerprint density at radius 3 is 0.756 bits per heavy atom. The van der Waals surface area contributed by atoms with Gasteiger partial charge in [0.2, 0.25) is 35.4 Å². The number of rotatable bonds is 8. The van der Waals surface area contributed by atoms with E-state index in [1.807, 2.05) is 91.0 Å². The highest BCUT2D eigenvalue weighted by Gasteiger charge is 2.27. The number of hydrogen-bond donors (Lipinski definition) is 0. The Labute approximate surface area is 466 Å². The molecular formula is C69H41N13. The fourth-order valence-corrected chi connectivity index (χ4v) is 12.0. The number of benzene rings is 10. The number of fused-ring (bicyclic) bond motifs is 13. The summed E-state index contributed by atoms with van der Waals surface area (Å²) in [5.41, 5.74) is 9.85. The second-order valence-electron chi connectivity index (χ2n) is 20.2. The highest BCUT2D eigenvalue weighted by molar-refractivity contribution is 6.23. The summed E-state index contributed by atoms with van der Waals surface area (Å²) in [5.74, 6) is 3.75. The van der Waals surface area contributed by atoms with E-state index >= 15 is 0 Å². The minimum absolute atomic E-state index is 0.281. The molecule has 382 valence electrons. The molecule has 0 aliphatic rings. The van der Waals surface area contributed by atoms with Gasteiger partial charge in [-0.2, -0.15) is 24.9 Å². The van der Waals surface area contributed by atoms with E-state index in [9.17, 15) is 0 Å². The predicted molar refractivity (Wildman–Crippen MR) is 326 cm³/mol. The van der Waals surface area contributed by atoms with Gasteiger partial charge in [-0.1, -0.05) is 212 Å². The van der Waals surface area contributed by atoms with Crippen LogP contribution < -0.4 is 0 Å². The summed E-state index contributed by atoms with van der Waals surface area (Å²) in [4.78, 5) is 48.2. The summed E-state index contributed by atoms with van der Waals surface area (Å²) < 4.78 is 8.68. The van der Waals surface area contributed by atoms with Gasteiger partial charge in [0.1, 0.15) is 0 Å². The minimum atomic E-state index is 0.281. The Morgan fingerprint density at radius 1 is 0.171 bits per heavy atom. The van der Waals surface area contributed by atoms with Gasteiger partial charge in [0, 0.05) is 59.8 Å². The number of aromatic nitrogens is 13. The summed E-state index contributed by atoms with van der Waals surface area (Å²) in [6.45, 7) is 0. The molecule has 82 heavy (non-hydrogen) atoms. The first-order valence-corrected chi connectivity index (χ1v) is 27.1. The molecular weight excluding hydrogens is 1010 g/mol. The standard InChI is InChI=1S/C69H41N13/c1-4-22-42(23-5-1)61-70-62(43-24-6-2-7-25-43)72-64(71-61)65-73-63(44-26-8-3-9-27-44)74-66(75-65)81-57-38-20-14-32-49(57)51-40-41-52-50-33-15-21-39-58(50)82(60(52)59(51)81)69-77-67(79-53-34-16-10-28-45(53)46-29-11-17-35-54(46)79)76-68(78-69)80-55-36-18-12-30-47(55)48-31-13-19-37-56(48)80/h1-41H. The van der Waals surface area contributed by atoms with Gasteiger partial charge in [0.25, 0.3) is 0 Å². The van der Waals surface area contributed by atoms with E-state index in [1.165, 1.54) is 0 Å². The lowest BCUT2D eigenvalue weighted by Crippen LogP contribution is -2.13. The highest BCUT2D eigenvalue weighted by atomic mass is 15.3. The van der Waals surface area contributed by atoms with Gasteiger partial charge in [-0.05, 0) is 36.4 Å². The lowest BCUT2D eigenvalue weighted by Gasteiger charge is -2.15. The zero-order valence-corrected chi connectivity index (χ0v) is 43.5. The molecule has 7 aromatic heterocycles. The third-order valence-electron chi connectivity index (χ3n) is 15.6.